The molecule has 0 aliphatic carbocycles. The lowest BCUT2D eigenvalue weighted by Gasteiger charge is -2.31. The van der Waals surface area contributed by atoms with Crippen LogP contribution in [0.5, 0.6) is 5.75 Å². The van der Waals surface area contributed by atoms with Crippen LogP contribution in [0.1, 0.15) is 36.3 Å². The highest BCUT2D eigenvalue weighted by Crippen LogP contribution is 2.44. The second-order valence-electron chi connectivity index (χ2n) is 6.11. The summed E-state index contributed by atoms with van der Waals surface area (Å²) in [6, 6.07) is 7.58. The molecule has 0 spiro atoms. The fourth-order valence-electron chi connectivity index (χ4n) is 3.25. The van der Waals surface area contributed by atoms with Gasteiger partial charge in [-0.15, -0.1) is 0 Å². The Labute approximate surface area is 139 Å². The number of furan rings is 1. The van der Waals surface area contributed by atoms with E-state index >= 15 is 0 Å². The summed E-state index contributed by atoms with van der Waals surface area (Å²) in [5.74, 6) is 1.96. The van der Waals surface area contributed by atoms with Gasteiger partial charge in [0.1, 0.15) is 17.3 Å². The number of aryl methyl sites for hydroxylation is 1. The van der Waals surface area contributed by atoms with Crippen molar-refractivity contribution in [2.45, 2.75) is 25.7 Å². The molecule has 4 rings (SSSR count). The molecule has 6 nitrogen and oxygen atoms in total. The second-order valence-corrected chi connectivity index (χ2v) is 6.11. The van der Waals surface area contributed by atoms with Crippen molar-refractivity contribution in [3.63, 3.8) is 0 Å². The zero-order valence-corrected chi connectivity index (χ0v) is 13.6. The van der Waals surface area contributed by atoms with Crippen LogP contribution in [0.2, 0.25) is 0 Å². The molecule has 0 radical (unpaired) electrons. The number of hydrogen-bond acceptors (Lipinski definition) is 4. The van der Waals surface area contributed by atoms with Gasteiger partial charge >= 0.3 is 0 Å². The van der Waals surface area contributed by atoms with E-state index in [0.29, 0.717) is 23.5 Å². The Balaban J connectivity index is 1.83. The van der Waals surface area contributed by atoms with Crippen molar-refractivity contribution in [3.8, 4) is 5.75 Å². The standard InChI is InChI=1S/C18H18N2O4/c1-3-10-4-5-15(24-10)12-7-17(21)19-13-8-16-14(6-11(12)13)20(2)18(22)9-23-16/h4-6,8,12H,3,7,9H2,1-2H3,(H,19,21). The molecule has 1 aromatic carbocycles. The van der Waals surface area contributed by atoms with Gasteiger partial charge in [0.15, 0.2) is 6.61 Å². The van der Waals surface area contributed by atoms with E-state index in [2.05, 4.69) is 5.32 Å². The SMILES string of the molecule is CCc1ccc(C2CC(=O)Nc3cc4c(cc32)N(C)C(=O)CO4)o1. The van der Waals surface area contributed by atoms with Gasteiger partial charge in [0.05, 0.1) is 11.6 Å². The lowest BCUT2D eigenvalue weighted by atomic mass is 9.88. The summed E-state index contributed by atoms with van der Waals surface area (Å²) in [5.41, 5.74) is 2.37. The maximum Gasteiger partial charge on any atom is 0.264 e. The average Bonchev–Trinajstić information content (AvgIpc) is 3.05. The Morgan fingerprint density at radius 1 is 1.29 bits per heavy atom. The molecule has 1 atom stereocenters. The highest BCUT2D eigenvalue weighted by molar-refractivity contribution is 6.00. The van der Waals surface area contributed by atoms with Crippen molar-refractivity contribution in [1.29, 1.82) is 0 Å². The van der Waals surface area contributed by atoms with Crippen molar-refractivity contribution in [2.75, 3.05) is 23.9 Å². The molecule has 24 heavy (non-hydrogen) atoms. The summed E-state index contributed by atoms with van der Waals surface area (Å²) in [4.78, 5) is 25.6. The maximum atomic E-state index is 12.1. The Hall–Kier alpha value is -2.76. The molecule has 124 valence electrons. The van der Waals surface area contributed by atoms with Crippen molar-refractivity contribution < 1.29 is 18.7 Å². The molecule has 1 unspecified atom stereocenters. The summed E-state index contributed by atoms with van der Waals surface area (Å²) in [6.07, 6.45) is 1.13. The average molecular weight is 326 g/mol. The molecule has 2 aliphatic rings. The van der Waals surface area contributed by atoms with Crippen LogP contribution in [0.15, 0.2) is 28.7 Å². The number of carbonyl (C=O) groups is 2. The number of anilines is 2. The molecular formula is C18H18N2O4. The first-order chi connectivity index (χ1) is 11.6. The Kier molecular flexibility index (Phi) is 3.33. The molecule has 2 aliphatic heterocycles. The van der Waals surface area contributed by atoms with E-state index < -0.39 is 0 Å². The zero-order chi connectivity index (χ0) is 16.8. The fraction of sp³-hybridized carbons (Fsp3) is 0.333. The molecular weight excluding hydrogens is 308 g/mol. The number of nitrogens with one attached hydrogen (secondary N) is 1. The van der Waals surface area contributed by atoms with Crippen LogP contribution < -0.4 is 15.0 Å². The lowest BCUT2D eigenvalue weighted by molar-refractivity contribution is -0.121. The van der Waals surface area contributed by atoms with Crippen LogP contribution in [0.3, 0.4) is 0 Å². The molecule has 1 N–H and O–H groups in total. The van der Waals surface area contributed by atoms with Gasteiger partial charge in [0, 0.05) is 31.6 Å². The highest BCUT2D eigenvalue weighted by atomic mass is 16.5. The number of fused-ring (bicyclic) bond motifs is 2. The van der Waals surface area contributed by atoms with Crippen molar-refractivity contribution in [1.82, 2.24) is 0 Å². The largest absolute Gasteiger partial charge is 0.481 e. The van der Waals surface area contributed by atoms with Crippen LogP contribution in [-0.2, 0) is 16.0 Å². The minimum atomic E-state index is -0.162. The van der Waals surface area contributed by atoms with Gasteiger partial charge < -0.3 is 19.4 Å². The van der Waals surface area contributed by atoms with Gasteiger partial charge in [-0.25, -0.2) is 0 Å². The Bertz CT molecular complexity index is 840. The van der Waals surface area contributed by atoms with E-state index in [9.17, 15) is 9.59 Å². The summed E-state index contributed by atoms with van der Waals surface area (Å²) >= 11 is 0. The third-order valence-corrected chi connectivity index (χ3v) is 4.63. The van der Waals surface area contributed by atoms with Crippen LogP contribution in [-0.4, -0.2) is 25.5 Å². The second kappa shape index (κ2) is 5.40. The monoisotopic (exact) mass is 326 g/mol. The van der Waals surface area contributed by atoms with Crippen LogP contribution in [0.25, 0.3) is 0 Å². The highest BCUT2D eigenvalue weighted by Gasteiger charge is 2.32. The molecule has 6 heteroatoms. The number of benzene rings is 1. The van der Waals surface area contributed by atoms with Crippen molar-refractivity contribution >= 4 is 23.2 Å². The van der Waals surface area contributed by atoms with E-state index in [0.717, 1.165) is 23.5 Å². The maximum absolute atomic E-state index is 12.1. The first-order valence-electron chi connectivity index (χ1n) is 8.02. The number of hydrogen-bond donors (Lipinski definition) is 1. The van der Waals surface area contributed by atoms with E-state index in [1.165, 1.54) is 0 Å². The van der Waals surface area contributed by atoms with E-state index in [-0.39, 0.29) is 24.3 Å². The predicted molar refractivity (Wildman–Crippen MR) is 88.5 cm³/mol. The van der Waals surface area contributed by atoms with E-state index in [4.69, 9.17) is 9.15 Å². The molecule has 1 aromatic heterocycles. The summed E-state index contributed by atoms with van der Waals surface area (Å²) in [5, 5.41) is 2.89. The van der Waals surface area contributed by atoms with Crippen LogP contribution in [0.4, 0.5) is 11.4 Å². The minimum absolute atomic E-state index is 0.0116. The van der Waals surface area contributed by atoms with Crippen molar-refractivity contribution in [3.05, 3.63) is 41.3 Å². The van der Waals surface area contributed by atoms with Gasteiger partial charge in [-0.05, 0) is 23.8 Å². The number of nitrogens with zero attached hydrogens (tertiary/aromatic N) is 1. The molecule has 0 saturated carbocycles. The normalized spacial score (nSPS) is 19.4. The van der Waals surface area contributed by atoms with Gasteiger partial charge in [-0.1, -0.05) is 6.92 Å². The van der Waals surface area contributed by atoms with Crippen LogP contribution in [0, 0.1) is 0 Å². The smallest absolute Gasteiger partial charge is 0.264 e. The molecule has 0 bridgehead atoms. The Morgan fingerprint density at radius 2 is 2.12 bits per heavy atom. The Morgan fingerprint density at radius 3 is 2.88 bits per heavy atom. The van der Waals surface area contributed by atoms with E-state index in [1.54, 1.807) is 18.0 Å². The third kappa shape index (κ3) is 2.26. The van der Waals surface area contributed by atoms with Gasteiger partial charge in [-0.3, -0.25) is 9.59 Å². The molecule has 0 fully saturated rings. The fourth-order valence-corrected chi connectivity index (χ4v) is 3.25. The first kappa shape index (κ1) is 14.8. The van der Waals surface area contributed by atoms with Gasteiger partial charge in [0.2, 0.25) is 5.91 Å². The number of rotatable bonds is 2. The topological polar surface area (TPSA) is 71.8 Å². The number of likely N-dealkylation sites (N-methyl/N-ethyl adjacent to an activating group) is 1. The summed E-state index contributed by atoms with van der Waals surface area (Å²) in [7, 11) is 1.73. The molecule has 0 saturated heterocycles. The lowest BCUT2D eigenvalue weighted by Crippen LogP contribution is -2.36. The molecule has 2 aromatic rings. The number of ether oxygens (including phenoxy) is 1. The van der Waals surface area contributed by atoms with Gasteiger partial charge in [-0.2, -0.15) is 0 Å². The molecule has 3 heterocycles. The van der Waals surface area contributed by atoms with E-state index in [1.807, 2.05) is 25.1 Å². The van der Waals surface area contributed by atoms with Crippen molar-refractivity contribution in [2.24, 2.45) is 0 Å². The van der Waals surface area contributed by atoms with Gasteiger partial charge in [0.25, 0.3) is 5.91 Å². The number of carbonyl (C=O) groups excluding carboxylic acids is 2. The summed E-state index contributed by atoms with van der Waals surface area (Å²) < 4.78 is 11.4. The zero-order valence-electron chi connectivity index (χ0n) is 13.6. The minimum Gasteiger partial charge on any atom is -0.481 e. The molecule has 2 amide bonds. The summed E-state index contributed by atoms with van der Waals surface area (Å²) in [6.45, 7) is 2.04. The predicted octanol–water partition coefficient (Wildman–Crippen LogP) is 2.67. The quantitative estimate of drug-likeness (QED) is 0.921. The van der Waals surface area contributed by atoms with Crippen LogP contribution >= 0.6 is 0 Å². The third-order valence-electron chi connectivity index (χ3n) is 4.63. The first-order valence-corrected chi connectivity index (χ1v) is 8.02. The number of amides is 2.